The third-order valence-corrected chi connectivity index (χ3v) is 3.34. The lowest BCUT2D eigenvalue weighted by Gasteiger charge is -2.37. The van der Waals surface area contributed by atoms with Crippen molar-refractivity contribution in [2.45, 2.75) is 39.3 Å². The first-order valence-corrected chi connectivity index (χ1v) is 5.64. The second-order valence-electron chi connectivity index (χ2n) is 4.75. The summed E-state index contributed by atoms with van der Waals surface area (Å²) in [6, 6.07) is 4.98. The minimum atomic E-state index is -0.225. The lowest BCUT2D eigenvalue weighted by atomic mass is 9.99. The van der Waals surface area contributed by atoms with Gasteiger partial charge in [0.25, 0.3) is 0 Å². The number of anilines is 1. The molecule has 0 bridgehead atoms. The van der Waals surface area contributed by atoms with Crippen LogP contribution in [-0.2, 0) is 6.54 Å². The largest absolute Gasteiger partial charge is 0.369 e. The molecule has 1 aromatic rings. The molecule has 3 heteroatoms. The Morgan fingerprint density at radius 2 is 1.94 bits per heavy atom. The zero-order valence-electron chi connectivity index (χ0n) is 10.5. The van der Waals surface area contributed by atoms with Crippen molar-refractivity contribution in [2.75, 3.05) is 11.9 Å². The molecule has 90 valence electrons. The second kappa shape index (κ2) is 4.83. The monoisotopic (exact) mass is 224 g/mol. The molecule has 0 amide bonds. The average molecular weight is 224 g/mol. The molecule has 0 radical (unpaired) electrons. The maximum absolute atomic E-state index is 13.4. The Hall–Kier alpha value is -1.09. The maximum atomic E-state index is 13.4. The fourth-order valence-corrected chi connectivity index (χ4v) is 1.53. The lowest BCUT2D eigenvalue weighted by molar-refractivity contribution is 0.469. The van der Waals surface area contributed by atoms with Gasteiger partial charge >= 0.3 is 0 Å². The van der Waals surface area contributed by atoms with Crippen LogP contribution in [0.25, 0.3) is 0 Å². The minimum absolute atomic E-state index is 0.0136. The summed E-state index contributed by atoms with van der Waals surface area (Å²) in [6.07, 6.45) is 0.998. The molecule has 0 aliphatic carbocycles. The first-order valence-electron chi connectivity index (χ1n) is 5.64. The van der Waals surface area contributed by atoms with Crippen molar-refractivity contribution >= 4 is 5.69 Å². The van der Waals surface area contributed by atoms with E-state index in [-0.39, 0.29) is 11.4 Å². The first kappa shape index (κ1) is 13.0. The van der Waals surface area contributed by atoms with Crippen LogP contribution in [-0.4, -0.2) is 12.6 Å². The van der Waals surface area contributed by atoms with E-state index in [4.69, 9.17) is 5.73 Å². The number of nitrogens with zero attached hydrogens (tertiary/aromatic N) is 1. The van der Waals surface area contributed by atoms with Gasteiger partial charge in [0.05, 0.1) is 0 Å². The van der Waals surface area contributed by atoms with E-state index in [0.717, 1.165) is 17.7 Å². The van der Waals surface area contributed by atoms with Crippen molar-refractivity contribution in [3.63, 3.8) is 0 Å². The molecule has 2 N–H and O–H groups in total. The van der Waals surface area contributed by atoms with Crippen molar-refractivity contribution in [1.82, 2.24) is 0 Å². The zero-order chi connectivity index (χ0) is 12.3. The van der Waals surface area contributed by atoms with E-state index < -0.39 is 0 Å². The Morgan fingerprint density at radius 3 is 2.44 bits per heavy atom. The summed E-state index contributed by atoms with van der Waals surface area (Å²) in [5.41, 5.74) is 7.27. The van der Waals surface area contributed by atoms with E-state index >= 15 is 0 Å². The lowest BCUT2D eigenvalue weighted by Crippen LogP contribution is -2.40. The van der Waals surface area contributed by atoms with E-state index in [1.54, 1.807) is 6.07 Å². The number of hydrogen-bond acceptors (Lipinski definition) is 2. The molecular weight excluding hydrogens is 203 g/mol. The van der Waals surface area contributed by atoms with Gasteiger partial charge in [0.1, 0.15) is 5.82 Å². The first-order chi connectivity index (χ1) is 7.40. The van der Waals surface area contributed by atoms with E-state index in [1.165, 1.54) is 6.07 Å². The predicted molar refractivity (Wildman–Crippen MR) is 67.1 cm³/mol. The highest BCUT2D eigenvalue weighted by Crippen LogP contribution is 2.26. The SMILES string of the molecule is CCC(C)(C)N(C)c1cc(F)cc(CN)c1. The number of halogens is 1. The van der Waals surface area contributed by atoms with Gasteiger partial charge in [-0.2, -0.15) is 0 Å². The molecule has 0 aliphatic heterocycles. The Kier molecular flexibility index (Phi) is 3.92. The fourth-order valence-electron chi connectivity index (χ4n) is 1.53. The van der Waals surface area contributed by atoms with Gasteiger partial charge in [-0.25, -0.2) is 4.39 Å². The van der Waals surface area contributed by atoms with Crippen molar-refractivity contribution in [3.05, 3.63) is 29.6 Å². The average Bonchev–Trinajstić information content (AvgIpc) is 2.27. The van der Waals surface area contributed by atoms with Gasteiger partial charge in [0.2, 0.25) is 0 Å². The van der Waals surface area contributed by atoms with Gasteiger partial charge in [0.15, 0.2) is 0 Å². The molecule has 0 heterocycles. The quantitative estimate of drug-likeness (QED) is 0.852. The summed E-state index contributed by atoms with van der Waals surface area (Å²) in [5, 5.41) is 0. The molecule has 0 saturated heterocycles. The molecule has 2 nitrogen and oxygen atoms in total. The number of nitrogens with two attached hydrogens (primary N) is 1. The van der Waals surface area contributed by atoms with Gasteiger partial charge in [-0.3, -0.25) is 0 Å². The Morgan fingerprint density at radius 1 is 1.31 bits per heavy atom. The fraction of sp³-hybridized carbons (Fsp3) is 0.538. The van der Waals surface area contributed by atoms with Crippen LogP contribution in [0.2, 0.25) is 0 Å². The van der Waals surface area contributed by atoms with E-state index in [0.29, 0.717) is 6.54 Å². The highest BCUT2D eigenvalue weighted by Gasteiger charge is 2.21. The van der Waals surface area contributed by atoms with Crippen LogP contribution in [0.1, 0.15) is 32.8 Å². The van der Waals surface area contributed by atoms with E-state index in [1.807, 2.05) is 13.1 Å². The van der Waals surface area contributed by atoms with Gasteiger partial charge < -0.3 is 10.6 Å². The molecule has 0 spiro atoms. The van der Waals surface area contributed by atoms with Crippen molar-refractivity contribution in [3.8, 4) is 0 Å². The van der Waals surface area contributed by atoms with Crippen LogP contribution in [0.3, 0.4) is 0 Å². The maximum Gasteiger partial charge on any atom is 0.125 e. The van der Waals surface area contributed by atoms with Gasteiger partial charge in [-0.1, -0.05) is 6.92 Å². The van der Waals surface area contributed by atoms with Gasteiger partial charge in [-0.05, 0) is 44.0 Å². The highest BCUT2D eigenvalue weighted by molar-refractivity contribution is 5.50. The molecule has 16 heavy (non-hydrogen) atoms. The molecule has 1 aromatic carbocycles. The number of hydrogen-bond donors (Lipinski definition) is 1. The molecule has 0 saturated carbocycles. The van der Waals surface area contributed by atoms with Crippen molar-refractivity contribution < 1.29 is 4.39 Å². The topological polar surface area (TPSA) is 29.3 Å². The Labute approximate surface area is 97.3 Å². The van der Waals surface area contributed by atoms with Crippen LogP contribution in [0.4, 0.5) is 10.1 Å². The summed E-state index contributed by atoms with van der Waals surface area (Å²) in [4.78, 5) is 2.09. The summed E-state index contributed by atoms with van der Waals surface area (Å²) in [7, 11) is 1.98. The summed E-state index contributed by atoms with van der Waals surface area (Å²) >= 11 is 0. The second-order valence-corrected chi connectivity index (χ2v) is 4.75. The van der Waals surface area contributed by atoms with Crippen LogP contribution in [0.15, 0.2) is 18.2 Å². The molecule has 1 rings (SSSR count). The highest BCUT2D eigenvalue weighted by atomic mass is 19.1. The molecule has 0 atom stereocenters. The molecule has 0 unspecified atom stereocenters. The number of rotatable bonds is 4. The van der Waals surface area contributed by atoms with Crippen LogP contribution >= 0.6 is 0 Å². The Balaban J connectivity index is 3.08. The van der Waals surface area contributed by atoms with E-state index in [2.05, 4.69) is 25.7 Å². The molecule has 0 aromatic heterocycles. The third-order valence-electron chi connectivity index (χ3n) is 3.34. The van der Waals surface area contributed by atoms with Crippen LogP contribution in [0.5, 0.6) is 0 Å². The standard InChI is InChI=1S/C13H21FN2/c1-5-13(2,3)16(4)12-7-10(9-15)6-11(14)8-12/h6-8H,5,9,15H2,1-4H3. The van der Waals surface area contributed by atoms with Gasteiger partial charge in [-0.15, -0.1) is 0 Å². The summed E-state index contributed by atoms with van der Waals surface area (Å²) < 4.78 is 13.4. The molecule has 0 fully saturated rings. The molecule has 0 aliphatic rings. The Bertz CT molecular complexity index is 361. The minimum Gasteiger partial charge on any atom is -0.369 e. The smallest absolute Gasteiger partial charge is 0.125 e. The zero-order valence-corrected chi connectivity index (χ0v) is 10.5. The predicted octanol–water partition coefficient (Wildman–Crippen LogP) is 2.91. The van der Waals surface area contributed by atoms with E-state index in [9.17, 15) is 4.39 Å². The van der Waals surface area contributed by atoms with Gasteiger partial charge in [0, 0.05) is 24.8 Å². The summed E-state index contributed by atoms with van der Waals surface area (Å²) in [5.74, 6) is -0.225. The summed E-state index contributed by atoms with van der Waals surface area (Å²) in [6.45, 7) is 6.77. The normalized spacial score (nSPS) is 11.6. The third kappa shape index (κ3) is 2.73. The molecular formula is C13H21FN2. The van der Waals surface area contributed by atoms with Crippen molar-refractivity contribution in [1.29, 1.82) is 0 Å². The van der Waals surface area contributed by atoms with Crippen LogP contribution < -0.4 is 10.6 Å². The van der Waals surface area contributed by atoms with Crippen LogP contribution in [0, 0.1) is 5.82 Å². The number of benzene rings is 1. The van der Waals surface area contributed by atoms with Crippen molar-refractivity contribution in [2.24, 2.45) is 5.73 Å².